The van der Waals surface area contributed by atoms with E-state index in [1.807, 2.05) is 0 Å². The largest absolute Gasteiger partial charge is 0.416 e. The Balaban J connectivity index is 2.17. The third kappa shape index (κ3) is 5.52. The highest BCUT2D eigenvalue weighted by atomic mass is 19.4. The third-order valence-electron chi connectivity index (χ3n) is 4.26. The highest BCUT2D eigenvalue weighted by molar-refractivity contribution is 5.98. The topological polar surface area (TPSA) is 58.2 Å². The number of benzene rings is 2. The Morgan fingerprint density at radius 3 is 2.13 bits per heavy atom. The first-order chi connectivity index (χ1) is 13.9. The van der Waals surface area contributed by atoms with Gasteiger partial charge in [-0.3, -0.25) is 9.59 Å². The molecule has 162 valence electrons. The van der Waals surface area contributed by atoms with Gasteiger partial charge >= 0.3 is 6.18 Å². The van der Waals surface area contributed by atoms with E-state index in [1.165, 1.54) is 13.8 Å². The summed E-state index contributed by atoms with van der Waals surface area (Å²) in [6.45, 7) is 2.46. The molecule has 10 heteroatoms. The quantitative estimate of drug-likeness (QED) is 0.673. The number of hydrogen-bond acceptors (Lipinski definition) is 2. The molecule has 1 atom stereocenters. The van der Waals surface area contributed by atoms with Crippen LogP contribution in [0.3, 0.4) is 0 Å². The van der Waals surface area contributed by atoms with Crippen molar-refractivity contribution in [3.63, 3.8) is 0 Å². The number of hydrogen-bond donors (Lipinski definition) is 2. The van der Waals surface area contributed by atoms with Crippen molar-refractivity contribution in [1.29, 1.82) is 0 Å². The molecule has 0 bridgehead atoms. The van der Waals surface area contributed by atoms with Crippen LogP contribution < -0.4 is 10.6 Å². The fourth-order valence-electron chi connectivity index (χ4n) is 2.72. The van der Waals surface area contributed by atoms with Gasteiger partial charge in [0.15, 0.2) is 0 Å². The van der Waals surface area contributed by atoms with Crippen molar-refractivity contribution in [1.82, 2.24) is 10.6 Å². The molecule has 0 aromatic heterocycles. The molecule has 4 nitrogen and oxygen atoms in total. The molecule has 2 aromatic rings. The van der Waals surface area contributed by atoms with Crippen molar-refractivity contribution in [3.8, 4) is 0 Å². The molecule has 30 heavy (non-hydrogen) atoms. The third-order valence-corrected chi connectivity index (χ3v) is 4.26. The fraction of sp³-hybridized carbons (Fsp3) is 0.300. The van der Waals surface area contributed by atoms with Gasteiger partial charge in [-0.1, -0.05) is 26.0 Å². The molecule has 0 aliphatic carbocycles. The number of carbonyl (C=O) groups excluding carboxylic acids is 2. The Hall–Kier alpha value is -3.04. The summed E-state index contributed by atoms with van der Waals surface area (Å²) in [4.78, 5) is 24.7. The zero-order chi connectivity index (χ0) is 22.6. The van der Waals surface area contributed by atoms with Gasteiger partial charge in [-0.05, 0) is 35.7 Å². The van der Waals surface area contributed by atoms with E-state index in [0.717, 1.165) is 30.3 Å². The van der Waals surface area contributed by atoms with Crippen molar-refractivity contribution < 1.29 is 35.9 Å². The second-order valence-corrected chi connectivity index (χ2v) is 6.81. The van der Waals surface area contributed by atoms with E-state index in [0.29, 0.717) is 6.07 Å². The summed E-state index contributed by atoms with van der Waals surface area (Å²) in [5.41, 5.74) is -2.51. The first-order valence-electron chi connectivity index (χ1n) is 8.80. The van der Waals surface area contributed by atoms with Crippen LogP contribution >= 0.6 is 0 Å². The molecule has 0 heterocycles. The molecule has 0 spiro atoms. The number of rotatable bonds is 6. The molecule has 0 saturated carbocycles. The van der Waals surface area contributed by atoms with Gasteiger partial charge in [0.05, 0.1) is 5.56 Å². The Morgan fingerprint density at radius 1 is 1.00 bits per heavy atom. The van der Waals surface area contributed by atoms with Gasteiger partial charge < -0.3 is 10.6 Å². The maximum Gasteiger partial charge on any atom is 0.416 e. The van der Waals surface area contributed by atoms with Crippen LogP contribution in [0.2, 0.25) is 0 Å². The molecule has 0 radical (unpaired) electrons. The Labute approximate surface area is 168 Å². The molecular formula is C20H18F6N2O2. The highest BCUT2D eigenvalue weighted by Gasteiger charge is 2.34. The van der Waals surface area contributed by atoms with Gasteiger partial charge in [-0.2, -0.15) is 13.2 Å². The lowest BCUT2D eigenvalue weighted by Crippen LogP contribution is -2.49. The molecule has 0 unspecified atom stereocenters. The lowest BCUT2D eigenvalue weighted by Gasteiger charge is -2.22. The first-order valence-corrected chi connectivity index (χ1v) is 8.80. The summed E-state index contributed by atoms with van der Waals surface area (Å²) in [5, 5.41) is 4.43. The lowest BCUT2D eigenvalue weighted by atomic mass is 10.0. The summed E-state index contributed by atoms with van der Waals surface area (Å²) >= 11 is 0. The first kappa shape index (κ1) is 23.2. The SMILES string of the molecule is CC(C)[C@H](NC(=O)c1c(F)cccc1F)C(=O)NCc1ccc(F)cc1C(F)(F)F. The van der Waals surface area contributed by atoms with Gasteiger partial charge in [0.2, 0.25) is 5.91 Å². The van der Waals surface area contributed by atoms with Crippen LogP contribution in [0.15, 0.2) is 36.4 Å². The summed E-state index contributed by atoms with van der Waals surface area (Å²) < 4.78 is 79.9. The van der Waals surface area contributed by atoms with E-state index in [-0.39, 0.29) is 5.56 Å². The monoisotopic (exact) mass is 432 g/mol. The van der Waals surface area contributed by atoms with E-state index < -0.39 is 65.1 Å². The van der Waals surface area contributed by atoms with Crippen LogP contribution in [-0.4, -0.2) is 17.9 Å². The van der Waals surface area contributed by atoms with E-state index in [4.69, 9.17) is 0 Å². The summed E-state index contributed by atoms with van der Waals surface area (Å²) in [6, 6.07) is 3.53. The minimum Gasteiger partial charge on any atom is -0.350 e. The van der Waals surface area contributed by atoms with Gasteiger partial charge in [0.1, 0.15) is 29.1 Å². The Bertz CT molecular complexity index is 923. The second kappa shape index (κ2) is 9.19. The molecular weight excluding hydrogens is 414 g/mol. The Kier molecular flexibility index (Phi) is 7.12. The molecule has 2 amide bonds. The van der Waals surface area contributed by atoms with Gasteiger partial charge in [-0.25, -0.2) is 13.2 Å². The zero-order valence-electron chi connectivity index (χ0n) is 15.9. The van der Waals surface area contributed by atoms with Crippen molar-refractivity contribution >= 4 is 11.8 Å². The Morgan fingerprint density at radius 2 is 1.60 bits per heavy atom. The maximum absolute atomic E-state index is 13.8. The fourth-order valence-corrected chi connectivity index (χ4v) is 2.72. The average Bonchev–Trinajstić information content (AvgIpc) is 2.63. The van der Waals surface area contributed by atoms with Crippen LogP contribution in [0.4, 0.5) is 26.3 Å². The summed E-state index contributed by atoms with van der Waals surface area (Å²) in [5.74, 6) is -5.95. The van der Waals surface area contributed by atoms with E-state index in [1.54, 1.807) is 0 Å². The molecule has 0 fully saturated rings. The predicted molar refractivity (Wildman–Crippen MR) is 95.7 cm³/mol. The number of carbonyl (C=O) groups is 2. The smallest absolute Gasteiger partial charge is 0.350 e. The van der Waals surface area contributed by atoms with Gasteiger partial charge in [0, 0.05) is 6.54 Å². The number of alkyl halides is 3. The molecule has 2 N–H and O–H groups in total. The average molecular weight is 432 g/mol. The minimum absolute atomic E-state index is 0.310. The van der Waals surface area contributed by atoms with Crippen molar-refractivity contribution in [2.24, 2.45) is 5.92 Å². The highest BCUT2D eigenvalue weighted by Crippen LogP contribution is 2.32. The molecule has 2 aromatic carbocycles. The molecule has 0 aliphatic heterocycles. The van der Waals surface area contributed by atoms with Crippen LogP contribution in [0.25, 0.3) is 0 Å². The van der Waals surface area contributed by atoms with E-state index in [2.05, 4.69) is 10.6 Å². The van der Waals surface area contributed by atoms with Gasteiger partial charge in [0.25, 0.3) is 5.91 Å². The van der Waals surface area contributed by atoms with Crippen LogP contribution in [0, 0.1) is 23.4 Å². The molecule has 0 aliphatic rings. The summed E-state index contributed by atoms with van der Waals surface area (Å²) in [7, 11) is 0. The van der Waals surface area contributed by atoms with E-state index >= 15 is 0 Å². The standard InChI is InChI=1S/C20H18F6N2O2/c1-10(2)17(28-18(29)16-14(22)4-3-5-15(16)23)19(30)27-9-11-6-7-12(21)8-13(11)20(24,25)26/h3-8,10,17H,9H2,1-2H3,(H,27,30)(H,28,29)/t17-/m0/s1. The van der Waals surface area contributed by atoms with Crippen molar-refractivity contribution in [3.05, 3.63) is 70.5 Å². The molecule has 2 rings (SSSR count). The van der Waals surface area contributed by atoms with E-state index in [9.17, 15) is 35.9 Å². The van der Waals surface area contributed by atoms with Crippen molar-refractivity contribution in [2.75, 3.05) is 0 Å². The zero-order valence-corrected chi connectivity index (χ0v) is 15.9. The second-order valence-electron chi connectivity index (χ2n) is 6.81. The maximum atomic E-state index is 13.8. The molecule has 0 saturated heterocycles. The number of halogens is 6. The predicted octanol–water partition coefficient (Wildman–Crippen LogP) is 4.19. The summed E-state index contributed by atoms with van der Waals surface area (Å²) in [6.07, 6.45) is -4.84. The minimum atomic E-state index is -4.84. The number of amides is 2. The van der Waals surface area contributed by atoms with Crippen LogP contribution in [0.1, 0.15) is 35.3 Å². The van der Waals surface area contributed by atoms with Crippen molar-refractivity contribution in [2.45, 2.75) is 32.6 Å². The number of nitrogens with one attached hydrogen (secondary N) is 2. The van der Waals surface area contributed by atoms with Crippen LogP contribution in [0.5, 0.6) is 0 Å². The van der Waals surface area contributed by atoms with Crippen LogP contribution in [-0.2, 0) is 17.5 Å². The normalized spacial score (nSPS) is 12.6. The van der Waals surface area contributed by atoms with Gasteiger partial charge in [-0.15, -0.1) is 0 Å². The lowest BCUT2D eigenvalue weighted by molar-refractivity contribution is -0.138.